The van der Waals surface area contributed by atoms with E-state index in [1.807, 2.05) is 0 Å². The molecule has 21 heavy (non-hydrogen) atoms. The van der Waals surface area contributed by atoms with E-state index in [4.69, 9.17) is 0 Å². The summed E-state index contributed by atoms with van der Waals surface area (Å²) in [7, 11) is 0. The second-order valence-corrected chi connectivity index (χ2v) is 4.16. The minimum absolute atomic E-state index is 0.126. The summed E-state index contributed by atoms with van der Waals surface area (Å²) in [4.78, 5) is 23.3. The van der Waals surface area contributed by atoms with Crippen LogP contribution in [0.4, 0.5) is 13.2 Å². The number of benzene rings is 1. The Morgan fingerprint density at radius 2 is 1.81 bits per heavy atom. The first-order valence-electron chi connectivity index (χ1n) is 6.17. The molecule has 5 nitrogen and oxygen atoms in total. The molecule has 0 aliphatic heterocycles. The lowest BCUT2D eigenvalue weighted by Gasteiger charge is -2.13. The summed E-state index contributed by atoms with van der Waals surface area (Å²) in [6.45, 7) is 3.68. The maximum absolute atomic E-state index is 12.0. The summed E-state index contributed by atoms with van der Waals surface area (Å²) in [5, 5.41) is 4.97. The largest absolute Gasteiger partial charge is 0.573 e. The van der Waals surface area contributed by atoms with Crippen molar-refractivity contribution in [1.82, 2.24) is 10.6 Å². The van der Waals surface area contributed by atoms with Gasteiger partial charge in [-0.1, -0.05) is 0 Å². The minimum atomic E-state index is -4.78. The molecule has 0 unspecified atom stereocenters. The van der Waals surface area contributed by atoms with Crippen molar-refractivity contribution < 1.29 is 27.5 Å². The van der Waals surface area contributed by atoms with Crippen molar-refractivity contribution >= 4 is 11.8 Å². The number of amides is 2. The monoisotopic (exact) mass is 304 g/mol. The van der Waals surface area contributed by atoms with Gasteiger partial charge in [0.2, 0.25) is 5.91 Å². The number of carbonyl (C=O) groups excluding carboxylic acids is 2. The summed E-state index contributed by atoms with van der Waals surface area (Å²) in [5.41, 5.74) is 0.126. The number of halogens is 3. The van der Waals surface area contributed by atoms with Gasteiger partial charge in [-0.3, -0.25) is 9.59 Å². The van der Waals surface area contributed by atoms with Crippen molar-refractivity contribution in [3.63, 3.8) is 0 Å². The number of hydrogen-bond donors (Lipinski definition) is 2. The number of rotatable bonds is 5. The molecule has 1 aromatic carbocycles. The van der Waals surface area contributed by atoms with Gasteiger partial charge in [0.1, 0.15) is 11.8 Å². The van der Waals surface area contributed by atoms with Crippen LogP contribution in [0.25, 0.3) is 0 Å². The SMILES string of the molecule is CCNC(=O)[C@@H](C)NC(=O)c1ccc(OC(F)(F)F)cc1. The van der Waals surface area contributed by atoms with Crippen LogP contribution < -0.4 is 15.4 Å². The minimum Gasteiger partial charge on any atom is -0.406 e. The molecule has 0 saturated heterocycles. The Kier molecular flexibility index (Phi) is 5.57. The van der Waals surface area contributed by atoms with Crippen molar-refractivity contribution in [3.8, 4) is 5.75 Å². The predicted molar refractivity (Wildman–Crippen MR) is 68.7 cm³/mol. The van der Waals surface area contributed by atoms with Gasteiger partial charge >= 0.3 is 6.36 Å². The lowest BCUT2D eigenvalue weighted by Crippen LogP contribution is -2.44. The first kappa shape index (κ1) is 16.8. The Bertz CT molecular complexity index is 500. The number of likely N-dealkylation sites (N-methyl/N-ethyl adjacent to an activating group) is 1. The van der Waals surface area contributed by atoms with Crippen LogP contribution in [0.1, 0.15) is 24.2 Å². The molecule has 1 aromatic rings. The Hall–Kier alpha value is -2.25. The molecule has 0 bridgehead atoms. The molecule has 0 radical (unpaired) electrons. The van der Waals surface area contributed by atoms with Crippen LogP contribution in [-0.2, 0) is 4.79 Å². The Morgan fingerprint density at radius 3 is 2.29 bits per heavy atom. The van der Waals surface area contributed by atoms with Gasteiger partial charge < -0.3 is 15.4 Å². The highest BCUT2D eigenvalue weighted by molar-refractivity contribution is 5.97. The average Bonchev–Trinajstić information content (AvgIpc) is 2.37. The van der Waals surface area contributed by atoms with Crippen molar-refractivity contribution in [1.29, 1.82) is 0 Å². The van der Waals surface area contributed by atoms with E-state index < -0.39 is 24.1 Å². The summed E-state index contributed by atoms with van der Waals surface area (Å²) >= 11 is 0. The van der Waals surface area contributed by atoms with Crippen molar-refractivity contribution in [2.45, 2.75) is 26.3 Å². The van der Waals surface area contributed by atoms with Gasteiger partial charge in [-0.2, -0.15) is 0 Å². The van der Waals surface area contributed by atoms with Crippen LogP contribution in [0.5, 0.6) is 5.75 Å². The van der Waals surface area contributed by atoms with E-state index in [-0.39, 0.29) is 11.5 Å². The highest BCUT2D eigenvalue weighted by Gasteiger charge is 2.31. The molecular weight excluding hydrogens is 289 g/mol. The maximum atomic E-state index is 12.0. The quantitative estimate of drug-likeness (QED) is 0.872. The third-order valence-corrected chi connectivity index (χ3v) is 2.44. The van der Waals surface area contributed by atoms with Gasteiger partial charge in [-0.15, -0.1) is 13.2 Å². The first-order chi connectivity index (χ1) is 9.73. The molecule has 1 atom stereocenters. The first-order valence-corrected chi connectivity index (χ1v) is 6.17. The lowest BCUT2D eigenvalue weighted by atomic mass is 10.2. The van der Waals surface area contributed by atoms with E-state index in [1.54, 1.807) is 6.92 Å². The topological polar surface area (TPSA) is 67.4 Å². The van der Waals surface area contributed by atoms with E-state index in [0.29, 0.717) is 6.54 Å². The Morgan fingerprint density at radius 1 is 1.24 bits per heavy atom. The van der Waals surface area contributed by atoms with Crippen LogP contribution in [-0.4, -0.2) is 30.8 Å². The van der Waals surface area contributed by atoms with Gasteiger partial charge in [0.25, 0.3) is 5.91 Å². The third kappa shape index (κ3) is 5.72. The van der Waals surface area contributed by atoms with E-state index in [0.717, 1.165) is 12.1 Å². The van der Waals surface area contributed by atoms with Crippen molar-refractivity contribution in [3.05, 3.63) is 29.8 Å². The molecule has 2 N–H and O–H groups in total. The van der Waals surface area contributed by atoms with E-state index >= 15 is 0 Å². The number of carbonyl (C=O) groups is 2. The molecule has 0 aliphatic rings. The zero-order chi connectivity index (χ0) is 16.0. The maximum Gasteiger partial charge on any atom is 0.573 e. The Labute approximate surface area is 119 Å². The zero-order valence-corrected chi connectivity index (χ0v) is 11.5. The smallest absolute Gasteiger partial charge is 0.406 e. The number of hydrogen-bond acceptors (Lipinski definition) is 3. The van der Waals surface area contributed by atoms with Crippen LogP contribution in [0.2, 0.25) is 0 Å². The third-order valence-electron chi connectivity index (χ3n) is 2.44. The number of nitrogens with one attached hydrogen (secondary N) is 2. The standard InChI is InChI=1S/C13H15F3N2O3/c1-3-17-11(19)8(2)18-12(20)9-4-6-10(7-5-9)21-13(14,15)16/h4-8H,3H2,1-2H3,(H,17,19)(H,18,20)/t8-/m1/s1. The molecule has 116 valence electrons. The molecule has 0 heterocycles. The van der Waals surface area contributed by atoms with Gasteiger partial charge in [0.15, 0.2) is 0 Å². The average molecular weight is 304 g/mol. The van der Waals surface area contributed by atoms with E-state index in [9.17, 15) is 22.8 Å². The molecule has 0 saturated carbocycles. The van der Waals surface area contributed by atoms with Crippen LogP contribution in [0.15, 0.2) is 24.3 Å². The second kappa shape index (κ2) is 6.96. The summed E-state index contributed by atoms with van der Waals surface area (Å²) in [6.07, 6.45) is -4.78. The molecule has 0 spiro atoms. The highest BCUT2D eigenvalue weighted by atomic mass is 19.4. The fraction of sp³-hybridized carbons (Fsp3) is 0.385. The van der Waals surface area contributed by atoms with Gasteiger partial charge in [-0.25, -0.2) is 0 Å². The van der Waals surface area contributed by atoms with Crippen LogP contribution in [0, 0.1) is 0 Å². The molecule has 2 amide bonds. The molecule has 0 aromatic heterocycles. The highest BCUT2D eigenvalue weighted by Crippen LogP contribution is 2.22. The molecule has 1 rings (SSSR count). The van der Waals surface area contributed by atoms with Gasteiger partial charge in [0.05, 0.1) is 0 Å². The van der Waals surface area contributed by atoms with Crippen LogP contribution in [0.3, 0.4) is 0 Å². The molecular formula is C13H15F3N2O3. The van der Waals surface area contributed by atoms with Crippen molar-refractivity contribution in [2.24, 2.45) is 0 Å². The molecule has 0 aliphatic carbocycles. The zero-order valence-electron chi connectivity index (χ0n) is 11.5. The summed E-state index contributed by atoms with van der Waals surface area (Å²) in [5.74, 6) is -1.33. The predicted octanol–water partition coefficient (Wildman–Crippen LogP) is 1.84. The normalized spacial score (nSPS) is 12.4. The fourth-order valence-corrected chi connectivity index (χ4v) is 1.48. The van der Waals surface area contributed by atoms with Gasteiger partial charge in [0, 0.05) is 12.1 Å². The number of ether oxygens (including phenoxy) is 1. The van der Waals surface area contributed by atoms with E-state index in [2.05, 4.69) is 15.4 Å². The Balaban J connectivity index is 2.65. The molecule has 0 fully saturated rings. The molecule has 8 heteroatoms. The summed E-state index contributed by atoms with van der Waals surface area (Å²) < 4.78 is 39.7. The van der Waals surface area contributed by atoms with Gasteiger partial charge in [-0.05, 0) is 38.1 Å². The fourth-order valence-electron chi connectivity index (χ4n) is 1.48. The number of alkyl halides is 3. The van der Waals surface area contributed by atoms with Crippen LogP contribution >= 0.6 is 0 Å². The lowest BCUT2D eigenvalue weighted by molar-refractivity contribution is -0.274. The van der Waals surface area contributed by atoms with E-state index in [1.165, 1.54) is 19.1 Å². The van der Waals surface area contributed by atoms with Crippen molar-refractivity contribution in [2.75, 3.05) is 6.54 Å². The second-order valence-electron chi connectivity index (χ2n) is 4.16. The summed E-state index contributed by atoms with van der Waals surface area (Å²) in [6, 6.07) is 3.67.